The van der Waals surface area contributed by atoms with Crippen molar-refractivity contribution in [3.05, 3.63) is 119 Å². The number of aromatic hydroxyl groups is 2. The molecule has 0 radical (unpaired) electrons. The van der Waals surface area contributed by atoms with Crippen LogP contribution in [0.1, 0.15) is 58.3 Å². The minimum absolute atomic E-state index is 0.0861. The van der Waals surface area contributed by atoms with Crippen molar-refractivity contribution in [2.24, 2.45) is 0 Å². The summed E-state index contributed by atoms with van der Waals surface area (Å²) in [6.07, 6.45) is 0.445. The number of amides is 5. The molecular weight excluding hydrogens is 700 g/mol. The molecule has 1 unspecified atom stereocenters. The number of ether oxygens (including phenoxy) is 1. The number of hydrogen-bond donors (Lipinski definition) is 5. The summed E-state index contributed by atoms with van der Waals surface area (Å²) in [4.78, 5) is 63.8. The van der Waals surface area contributed by atoms with Gasteiger partial charge in [-0.2, -0.15) is 0 Å². The Morgan fingerprint density at radius 3 is 2.13 bits per heavy atom. The molecule has 2 heterocycles. The molecule has 5 amide bonds. The average Bonchev–Trinajstić information content (AvgIpc) is 3.48. The molecule has 0 aromatic heterocycles. The fraction of sp³-hybridized carbons (Fsp3) is 0.225. The molecule has 4 aromatic carbocycles. The standard InChI is InChI=1S/C40H37ClN4O8/c41-19-18-30(24-4-10-27(46)11-5-24)38(25-6-12-28(47)13-7-25)26-8-14-29(15-9-26)53-21-20-42-36(49)22-37(50)43-33-3-1-2-31-32(33)23-45(40(31)52)34-16-17-35(48)44-39(34)51/h1-15,34,46-47H,16-23H2,(H,42,49)(H,43,50)(H,44,48,51). The summed E-state index contributed by atoms with van der Waals surface area (Å²) >= 11 is 6.24. The number of allylic oxidation sites excluding steroid dienone is 1. The second-order valence-electron chi connectivity index (χ2n) is 12.6. The van der Waals surface area contributed by atoms with Gasteiger partial charge in [0, 0.05) is 35.7 Å². The smallest absolute Gasteiger partial charge is 0.255 e. The third kappa shape index (κ3) is 8.67. The molecule has 0 spiro atoms. The number of phenolic OH excluding ortho intramolecular Hbond substituents is 2. The first kappa shape index (κ1) is 36.6. The number of anilines is 1. The Balaban J connectivity index is 1.03. The average molecular weight is 737 g/mol. The van der Waals surface area contributed by atoms with Gasteiger partial charge in [-0.25, -0.2) is 0 Å². The third-order valence-electron chi connectivity index (χ3n) is 9.03. The lowest BCUT2D eigenvalue weighted by Gasteiger charge is -2.29. The highest BCUT2D eigenvalue weighted by Gasteiger charge is 2.40. The number of nitrogens with zero attached hydrogens (tertiary/aromatic N) is 1. The minimum atomic E-state index is -0.785. The maximum Gasteiger partial charge on any atom is 0.255 e. The lowest BCUT2D eigenvalue weighted by Crippen LogP contribution is -2.52. The van der Waals surface area contributed by atoms with Gasteiger partial charge in [-0.1, -0.05) is 42.5 Å². The van der Waals surface area contributed by atoms with Gasteiger partial charge in [0.15, 0.2) is 0 Å². The summed E-state index contributed by atoms with van der Waals surface area (Å²) in [6.45, 7) is 0.370. The van der Waals surface area contributed by atoms with E-state index < -0.39 is 30.2 Å². The van der Waals surface area contributed by atoms with Crippen LogP contribution in [0.5, 0.6) is 17.2 Å². The maximum absolute atomic E-state index is 13.1. The van der Waals surface area contributed by atoms with Gasteiger partial charge in [-0.15, -0.1) is 11.6 Å². The molecule has 1 fully saturated rings. The molecule has 2 aliphatic heterocycles. The fourth-order valence-electron chi connectivity index (χ4n) is 6.50. The number of carbonyl (C=O) groups is 5. The Morgan fingerprint density at radius 2 is 1.49 bits per heavy atom. The number of carbonyl (C=O) groups excluding carboxylic acids is 5. The van der Waals surface area contributed by atoms with E-state index in [0.29, 0.717) is 34.9 Å². The van der Waals surface area contributed by atoms with Crippen LogP contribution < -0.4 is 20.7 Å². The predicted octanol–water partition coefficient (Wildman–Crippen LogP) is 4.97. The molecule has 53 heavy (non-hydrogen) atoms. The topological polar surface area (TPSA) is 174 Å². The number of imide groups is 1. The molecule has 13 heteroatoms. The monoisotopic (exact) mass is 736 g/mol. The Labute approximate surface area is 310 Å². The van der Waals surface area contributed by atoms with Crippen molar-refractivity contribution in [3.63, 3.8) is 0 Å². The van der Waals surface area contributed by atoms with Crippen molar-refractivity contribution in [3.8, 4) is 17.2 Å². The second kappa shape index (κ2) is 16.5. The van der Waals surface area contributed by atoms with Gasteiger partial charge in [-0.3, -0.25) is 29.3 Å². The highest BCUT2D eigenvalue weighted by Crippen LogP contribution is 2.37. The van der Waals surface area contributed by atoms with Gasteiger partial charge in [0.05, 0.1) is 6.54 Å². The molecule has 0 bridgehead atoms. The van der Waals surface area contributed by atoms with Gasteiger partial charge in [0.2, 0.25) is 23.6 Å². The minimum Gasteiger partial charge on any atom is -0.508 e. The molecule has 272 valence electrons. The number of phenols is 2. The van der Waals surface area contributed by atoms with Crippen LogP contribution in [0.15, 0.2) is 91.0 Å². The number of nitrogens with one attached hydrogen (secondary N) is 3. The second-order valence-corrected chi connectivity index (χ2v) is 12.9. The molecule has 4 aromatic rings. The van der Waals surface area contributed by atoms with Crippen LogP contribution in [0.2, 0.25) is 0 Å². The maximum atomic E-state index is 13.1. The van der Waals surface area contributed by atoms with Crippen LogP contribution in [-0.4, -0.2) is 69.7 Å². The Hall–Kier alpha value is -6.14. The highest BCUT2D eigenvalue weighted by molar-refractivity contribution is 6.19. The van der Waals surface area contributed by atoms with Gasteiger partial charge in [0.25, 0.3) is 5.91 Å². The fourth-order valence-corrected chi connectivity index (χ4v) is 6.69. The van der Waals surface area contributed by atoms with Crippen LogP contribution >= 0.6 is 11.6 Å². The van der Waals surface area contributed by atoms with Crippen molar-refractivity contribution in [2.75, 3.05) is 24.3 Å². The van der Waals surface area contributed by atoms with E-state index in [2.05, 4.69) is 16.0 Å². The van der Waals surface area contributed by atoms with Crippen molar-refractivity contribution in [2.45, 2.75) is 38.3 Å². The van der Waals surface area contributed by atoms with E-state index in [0.717, 1.165) is 27.8 Å². The van der Waals surface area contributed by atoms with Gasteiger partial charge in [-0.05, 0) is 89.2 Å². The van der Waals surface area contributed by atoms with E-state index in [1.54, 1.807) is 42.5 Å². The zero-order chi connectivity index (χ0) is 37.5. The molecular formula is C40H37ClN4O8. The van der Waals surface area contributed by atoms with Crippen molar-refractivity contribution >= 4 is 58.0 Å². The largest absolute Gasteiger partial charge is 0.508 e. The summed E-state index contributed by atoms with van der Waals surface area (Å²) in [7, 11) is 0. The van der Waals surface area contributed by atoms with Gasteiger partial charge in [0.1, 0.15) is 36.3 Å². The van der Waals surface area contributed by atoms with E-state index in [1.165, 1.54) is 4.90 Å². The normalized spacial score (nSPS) is 15.7. The molecule has 1 saturated heterocycles. The third-order valence-corrected chi connectivity index (χ3v) is 9.22. The lowest BCUT2D eigenvalue weighted by atomic mass is 9.88. The number of alkyl halides is 1. The van der Waals surface area contributed by atoms with E-state index in [4.69, 9.17) is 16.3 Å². The first-order valence-electron chi connectivity index (χ1n) is 17.1. The Bertz CT molecular complexity index is 2060. The summed E-state index contributed by atoms with van der Waals surface area (Å²) < 4.78 is 5.86. The molecule has 12 nitrogen and oxygen atoms in total. The van der Waals surface area contributed by atoms with E-state index in [1.807, 2.05) is 48.5 Å². The summed E-state index contributed by atoms with van der Waals surface area (Å²) in [5.74, 6) is -1.12. The molecule has 0 aliphatic carbocycles. The van der Waals surface area contributed by atoms with Crippen LogP contribution in [0.25, 0.3) is 11.1 Å². The summed E-state index contributed by atoms with van der Waals surface area (Å²) in [5.41, 5.74) is 5.78. The van der Waals surface area contributed by atoms with E-state index >= 15 is 0 Å². The molecule has 1 atom stereocenters. The first-order chi connectivity index (χ1) is 25.6. The van der Waals surface area contributed by atoms with Crippen molar-refractivity contribution in [1.82, 2.24) is 15.5 Å². The number of rotatable bonds is 13. The summed E-state index contributed by atoms with van der Waals surface area (Å²) in [5, 5.41) is 27.4. The Morgan fingerprint density at radius 1 is 0.849 bits per heavy atom. The van der Waals surface area contributed by atoms with Crippen molar-refractivity contribution in [1.29, 1.82) is 0 Å². The van der Waals surface area contributed by atoms with Gasteiger partial charge >= 0.3 is 0 Å². The lowest BCUT2D eigenvalue weighted by molar-refractivity contribution is -0.137. The van der Waals surface area contributed by atoms with Crippen LogP contribution in [0.4, 0.5) is 5.69 Å². The van der Waals surface area contributed by atoms with E-state index in [9.17, 15) is 34.2 Å². The van der Waals surface area contributed by atoms with Crippen LogP contribution in [0.3, 0.4) is 0 Å². The number of hydrogen-bond acceptors (Lipinski definition) is 8. The van der Waals surface area contributed by atoms with Crippen molar-refractivity contribution < 1.29 is 38.9 Å². The highest BCUT2D eigenvalue weighted by atomic mass is 35.5. The molecule has 6 rings (SSSR count). The van der Waals surface area contributed by atoms with Crippen LogP contribution in [0, 0.1) is 0 Å². The Kier molecular flexibility index (Phi) is 11.4. The molecule has 5 N–H and O–H groups in total. The first-order valence-corrected chi connectivity index (χ1v) is 17.6. The van der Waals surface area contributed by atoms with Crippen LogP contribution in [-0.2, 0) is 25.7 Å². The van der Waals surface area contributed by atoms with E-state index in [-0.39, 0.29) is 55.9 Å². The van der Waals surface area contributed by atoms with Gasteiger partial charge < -0.3 is 30.5 Å². The number of piperidine rings is 1. The number of fused-ring (bicyclic) bond motifs is 1. The molecule has 0 saturated carbocycles. The number of halogens is 1. The SMILES string of the molecule is O=C(CC(=O)Nc1cccc2c1CN(C1CCC(=O)NC1=O)C2=O)NCCOc1ccc(C(=C(CCCl)c2ccc(O)cc2)c2ccc(O)cc2)cc1. The quantitative estimate of drug-likeness (QED) is 0.0421. The molecule has 2 aliphatic rings. The zero-order valence-corrected chi connectivity index (χ0v) is 29.3. The summed E-state index contributed by atoms with van der Waals surface area (Å²) in [6, 6.07) is 25.3. The number of benzene rings is 4. The zero-order valence-electron chi connectivity index (χ0n) is 28.6. The predicted molar refractivity (Wildman–Crippen MR) is 198 cm³/mol.